The number of nitrogens with zero attached hydrogens (tertiary/aromatic N) is 2. The van der Waals surface area contributed by atoms with Crippen LogP contribution in [0.25, 0.3) is 10.9 Å². The fourth-order valence-corrected chi connectivity index (χ4v) is 4.35. The summed E-state index contributed by atoms with van der Waals surface area (Å²) >= 11 is 6.30. The lowest BCUT2D eigenvalue weighted by Gasteiger charge is -2.38. The maximum absolute atomic E-state index is 13.2. The Bertz CT molecular complexity index is 863. The van der Waals surface area contributed by atoms with Crippen LogP contribution >= 0.6 is 11.6 Å². The Morgan fingerprint density at radius 2 is 2.12 bits per heavy atom. The third-order valence-corrected chi connectivity index (χ3v) is 5.78. The fourth-order valence-electron chi connectivity index (χ4n) is 4.13. The van der Waals surface area contributed by atoms with E-state index in [1.54, 1.807) is 4.90 Å². The fraction of sp³-hybridized carbons (Fsp3) is 0.474. The van der Waals surface area contributed by atoms with Crippen LogP contribution in [0, 0.1) is 0 Å². The molecular weight excluding hydrogens is 354 g/mol. The number of likely N-dealkylation sites (tertiary alicyclic amines) is 1. The Balaban J connectivity index is 1.60. The highest BCUT2D eigenvalue weighted by molar-refractivity contribution is 6.35. The van der Waals surface area contributed by atoms with Crippen molar-refractivity contribution in [2.75, 3.05) is 20.2 Å². The van der Waals surface area contributed by atoms with Crippen LogP contribution in [0.3, 0.4) is 0 Å². The summed E-state index contributed by atoms with van der Waals surface area (Å²) in [7, 11) is 1.36. The van der Waals surface area contributed by atoms with Gasteiger partial charge in [-0.25, -0.2) is 4.79 Å². The number of rotatable bonds is 1. The molecule has 0 saturated carbocycles. The predicted molar refractivity (Wildman–Crippen MR) is 99.2 cm³/mol. The first-order chi connectivity index (χ1) is 12.6. The molecule has 2 aliphatic rings. The summed E-state index contributed by atoms with van der Waals surface area (Å²) in [5.41, 5.74) is 3.20. The van der Waals surface area contributed by atoms with Crippen LogP contribution in [-0.2, 0) is 22.5 Å². The van der Waals surface area contributed by atoms with Crippen molar-refractivity contribution in [3.63, 3.8) is 0 Å². The van der Waals surface area contributed by atoms with Gasteiger partial charge in [0.15, 0.2) is 0 Å². The van der Waals surface area contributed by atoms with E-state index in [1.807, 2.05) is 23.1 Å². The Labute approximate surface area is 157 Å². The second-order valence-electron chi connectivity index (χ2n) is 6.93. The summed E-state index contributed by atoms with van der Waals surface area (Å²) in [6.45, 7) is 1.76. The number of piperidine rings is 1. The van der Waals surface area contributed by atoms with Gasteiger partial charge >= 0.3 is 6.09 Å². The molecule has 1 saturated heterocycles. The first-order valence-electron chi connectivity index (χ1n) is 9.01. The van der Waals surface area contributed by atoms with Crippen molar-refractivity contribution < 1.29 is 14.3 Å². The van der Waals surface area contributed by atoms with Crippen LogP contribution in [0.5, 0.6) is 0 Å². The standard InChI is InChI=1S/C19H22ClN3O3/c1-26-19(25)23-9-3-2-7-16(23)18(24)22-10-8-15-13(11-22)12-5-4-6-14(20)17(12)21-15/h4-6,16,21H,2-3,7-11H2,1H3/t16-/m1/s1. The summed E-state index contributed by atoms with van der Waals surface area (Å²) < 4.78 is 4.87. The molecule has 7 heteroatoms. The monoisotopic (exact) mass is 375 g/mol. The average Bonchev–Trinajstić information content (AvgIpc) is 3.06. The summed E-state index contributed by atoms with van der Waals surface area (Å²) in [5, 5.41) is 1.76. The molecule has 2 amide bonds. The van der Waals surface area contributed by atoms with Crippen molar-refractivity contribution in [3.05, 3.63) is 34.5 Å². The van der Waals surface area contributed by atoms with Gasteiger partial charge in [0, 0.05) is 42.7 Å². The van der Waals surface area contributed by atoms with Crippen molar-refractivity contribution in [1.29, 1.82) is 0 Å². The molecule has 0 aliphatic carbocycles. The number of fused-ring (bicyclic) bond motifs is 3. The third kappa shape index (κ3) is 2.82. The van der Waals surface area contributed by atoms with Gasteiger partial charge in [-0.15, -0.1) is 0 Å². The number of carbonyl (C=O) groups excluding carboxylic acids is 2. The van der Waals surface area contributed by atoms with Gasteiger partial charge in [0.1, 0.15) is 6.04 Å². The van der Waals surface area contributed by atoms with E-state index < -0.39 is 12.1 Å². The molecule has 0 unspecified atom stereocenters. The molecule has 0 radical (unpaired) electrons. The van der Waals surface area contributed by atoms with Gasteiger partial charge in [-0.2, -0.15) is 0 Å². The van der Waals surface area contributed by atoms with E-state index in [9.17, 15) is 9.59 Å². The molecule has 1 atom stereocenters. The number of aromatic amines is 1. The number of hydrogen-bond acceptors (Lipinski definition) is 3. The molecule has 1 aromatic heterocycles. The van der Waals surface area contributed by atoms with Crippen LogP contribution in [0.2, 0.25) is 5.02 Å². The summed E-state index contributed by atoms with van der Waals surface area (Å²) in [5.74, 6) is 0.0112. The highest BCUT2D eigenvalue weighted by atomic mass is 35.5. The Morgan fingerprint density at radius 3 is 2.92 bits per heavy atom. The maximum Gasteiger partial charge on any atom is 0.410 e. The SMILES string of the molecule is COC(=O)N1CCCC[C@@H]1C(=O)N1CCc2[nH]c3c(Cl)cccc3c2C1. The molecule has 1 aromatic carbocycles. The Kier molecular flexibility index (Phi) is 4.53. The maximum atomic E-state index is 13.2. The first kappa shape index (κ1) is 17.2. The van der Waals surface area contributed by atoms with E-state index in [2.05, 4.69) is 4.98 Å². The minimum atomic E-state index is -0.424. The van der Waals surface area contributed by atoms with Crippen LogP contribution in [0.4, 0.5) is 4.79 Å². The molecule has 4 rings (SSSR count). The lowest BCUT2D eigenvalue weighted by Crippen LogP contribution is -2.53. The molecule has 2 aliphatic heterocycles. The molecule has 0 spiro atoms. The van der Waals surface area contributed by atoms with Gasteiger partial charge in [-0.3, -0.25) is 9.69 Å². The van der Waals surface area contributed by atoms with Crippen molar-refractivity contribution in [2.24, 2.45) is 0 Å². The van der Waals surface area contributed by atoms with E-state index in [0.29, 0.717) is 31.1 Å². The largest absolute Gasteiger partial charge is 0.453 e. The van der Waals surface area contributed by atoms with Crippen molar-refractivity contribution in [2.45, 2.75) is 38.3 Å². The van der Waals surface area contributed by atoms with Crippen molar-refractivity contribution in [1.82, 2.24) is 14.8 Å². The molecule has 26 heavy (non-hydrogen) atoms. The normalized spacial score (nSPS) is 20.2. The number of nitrogens with one attached hydrogen (secondary N) is 1. The summed E-state index contributed by atoms with van der Waals surface area (Å²) in [6, 6.07) is 5.41. The molecule has 3 heterocycles. The average molecular weight is 376 g/mol. The number of amides is 2. The Morgan fingerprint density at radius 1 is 1.27 bits per heavy atom. The van der Waals surface area contributed by atoms with Gasteiger partial charge in [0.2, 0.25) is 5.91 Å². The molecular formula is C19H22ClN3O3. The number of ether oxygens (including phenoxy) is 1. The van der Waals surface area contributed by atoms with Gasteiger partial charge in [-0.05, 0) is 25.3 Å². The number of carbonyl (C=O) groups is 2. The highest BCUT2D eigenvalue weighted by Gasteiger charge is 2.36. The zero-order valence-electron chi connectivity index (χ0n) is 14.8. The van der Waals surface area contributed by atoms with Gasteiger partial charge in [0.05, 0.1) is 17.6 Å². The minimum Gasteiger partial charge on any atom is -0.453 e. The number of halogens is 1. The van der Waals surface area contributed by atoms with Gasteiger partial charge < -0.3 is 14.6 Å². The first-order valence-corrected chi connectivity index (χ1v) is 9.39. The van der Waals surface area contributed by atoms with Crippen LogP contribution in [-0.4, -0.2) is 53.0 Å². The second-order valence-corrected chi connectivity index (χ2v) is 7.34. The lowest BCUT2D eigenvalue weighted by atomic mass is 9.99. The summed E-state index contributed by atoms with van der Waals surface area (Å²) in [4.78, 5) is 32.1. The van der Waals surface area contributed by atoms with E-state index >= 15 is 0 Å². The highest BCUT2D eigenvalue weighted by Crippen LogP contribution is 2.32. The zero-order chi connectivity index (χ0) is 18.3. The van der Waals surface area contributed by atoms with Crippen LogP contribution in [0.1, 0.15) is 30.5 Å². The van der Waals surface area contributed by atoms with E-state index in [4.69, 9.17) is 16.3 Å². The minimum absolute atomic E-state index is 0.0112. The van der Waals surface area contributed by atoms with E-state index in [-0.39, 0.29) is 5.91 Å². The number of H-pyrrole nitrogens is 1. The number of benzene rings is 1. The lowest BCUT2D eigenvalue weighted by molar-refractivity contribution is -0.138. The zero-order valence-corrected chi connectivity index (χ0v) is 15.5. The van der Waals surface area contributed by atoms with E-state index in [0.717, 1.165) is 41.4 Å². The predicted octanol–water partition coefficient (Wildman–Crippen LogP) is 3.33. The molecule has 1 fully saturated rings. The van der Waals surface area contributed by atoms with Crippen LogP contribution < -0.4 is 0 Å². The molecule has 138 valence electrons. The third-order valence-electron chi connectivity index (χ3n) is 5.47. The molecule has 6 nitrogen and oxygen atoms in total. The van der Waals surface area contributed by atoms with Crippen molar-refractivity contribution >= 4 is 34.5 Å². The molecule has 0 bridgehead atoms. The topological polar surface area (TPSA) is 65.6 Å². The molecule has 1 N–H and O–H groups in total. The number of methoxy groups -OCH3 is 1. The summed E-state index contributed by atoms with van der Waals surface area (Å²) in [6.07, 6.45) is 2.89. The number of hydrogen-bond donors (Lipinski definition) is 1. The molecule has 2 aromatic rings. The smallest absolute Gasteiger partial charge is 0.410 e. The van der Waals surface area contributed by atoms with Crippen molar-refractivity contribution in [3.8, 4) is 0 Å². The second kappa shape index (κ2) is 6.83. The number of para-hydroxylation sites is 1. The quantitative estimate of drug-likeness (QED) is 0.831. The van der Waals surface area contributed by atoms with Gasteiger partial charge in [-0.1, -0.05) is 23.7 Å². The Hall–Kier alpha value is -2.21. The van der Waals surface area contributed by atoms with E-state index in [1.165, 1.54) is 7.11 Å². The van der Waals surface area contributed by atoms with Gasteiger partial charge in [0.25, 0.3) is 0 Å². The number of aromatic nitrogens is 1. The van der Waals surface area contributed by atoms with Crippen LogP contribution in [0.15, 0.2) is 18.2 Å².